The minimum Gasteiger partial charge on any atom is -0.446 e. The van der Waals surface area contributed by atoms with Gasteiger partial charge in [-0.25, -0.2) is 9.78 Å². The maximum atomic E-state index is 14.4. The minimum absolute atomic E-state index is 0.0562. The van der Waals surface area contributed by atoms with Crippen LogP contribution in [0.25, 0.3) is 0 Å². The van der Waals surface area contributed by atoms with Crippen LogP contribution in [0.15, 0.2) is 79.5 Å². The van der Waals surface area contributed by atoms with E-state index in [1.54, 1.807) is 17.4 Å². The van der Waals surface area contributed by atoms with E-state index in [2.05, 4.69) is 27.3 Å². The largest absolute Gasteiger partial charge is 0.446 e. The smallest absolute Gasteiger partial charge is 0.410 e. The fourth-order valence-electron chi connectivity index (χ4n) is 7.19. The molecule has 4 aromatic rings. The van der Waals surface area contributed by atoms with E-state index in [0.717, 1.165) is 66.5 Å². The maximum absolute atomic E-state index is 14.4. The molecule has 7 rings (SSSR count). The molecule has 2 aliphatic carbocycles. The zero-order chi connectivity index (χ0) is 31.5. The molecule has 0 radical (unpaired) electrons. The summed E-state index contributed by atoms with van der Waals surface area (Å²) in [6, 6.07) is 17.1. The molecule has 46 heavy (non-hydrogen) atoms. The van der Waals surface area contributed by atoms with Crippen molar-refractivity contribution in [3.8, 4) is 0 Å². The van der Waals surface area contributed by atoms with E-state index < -0.39 is 6.04 Å². The first kappa shape index (κ1) is 30.4. The first-order valence-corrected chi connectivity index (χ1v) is 16.7. The van der Waals surface area contributed by atoms with Gasteiger partial charge in [0.25, 0.3) is 0 Å². The van der Waals surface area contributed by atoms with Crippen LogP contribution in [0.3, 0.4) is 0 Å². The lowest BCUT2D eigenvalue weighted by atomic mass is 9.94. The summed E-state index contributed by atoms with van der Waals surface area (Å²) in [5.41, 5.74) is 6.10. The molecule has 2 atom stereocenters. The monoisotopic (exact) mass is 638 g/mol. The van der Waals surface area contributed by atoms with Crippen LogP contribution < -0.4 is 5.32 Å². The molecule has 1 N–H and O–H groups in total. The zero-order valence-electron chi connectivity index (χ0n) is 25.9. The second-order valence-corrected chi connectivity index (χ2v) is 13.0. The number of hydrogen-bond donors (Lipinski definition) is 1. The molecule has 0 spiro atoms. The van der Waals surface area contributed by atoms with E-state index in [1.807, 2.05) is 59.4 Å². The molecule has 0 bridgehead atoms. The molecule has 1 aliphatic heterocycles. The standard InChI is InChI=1S/C36H39ClN6O3/c37-28-13-14-31-27(21-28)12-11-26-7-5-15-39-33(26)34(31)43-19-18-42(36(45)46-30-9-2-1-3-10-30)23-32(43)35(44)40-29-8-4-6-25(20-29)22-41-17-16-38-24-41/h4-8,13-17,20-21,24,30,32,34H,1-3,9-12,18-19,22-23H2,(H,40,44)/t32-,34+/m1/s1. The molecule has 0 unspecified atom stereocenters. The zero-order valence-corrected chi connectivity index (χ0v) is 26.6. The Kier molecular flexibility index (Phi) is 9.03. The molecule has 238 valence electrons. The van der Waals surface area contributed by atoms with Gasteiger partial charge in [0.1, 0.15) is 12.1 Å². The van der Waals surface area contributed by atoms with E-state index in [9.17, 15) is 9.59 Å². The van der Waals surface area contributed by atoms with E-state index in [1.165, 1.54) is 6.42 Å². The number of aromatic nitrogens is 3. The highest BCUT2D eigenvalue weighted by Crippen LogP contribution is 2.39. The second kappa shape index (κ2) is 13.6. The van der Waals surface area contributed by atoms with Crippen molar-refractivity contribution in [2.75, 3.05) is 25.0 Å². The molecule has 2 fully saturated rings. The van der Waals surface area contributed by atoms with Gasteiger partial charge in [0.15, 0.2) is 0 Å². The van der Waals surface area contributed by atoms with Gasteiger partial charge in [-0.3, -0.25) is 14.7 Å². The predicted molar refractivity (Wildman–Crippen MR) is 177 cm³/mol. The average molecular weight is 639 g/mol. The molecular formula is C36H39ClN6O3. The van der Waals surface area contributed by atoms with Gasteiger partial charge in [-0.15, -0.1) is 0 Å². The summed E-state index contributed by atoms with van der Waals surface area (Å²) in [5, 5.41) is 3.88. The van der Waals surface area contributed by atoms with E-state index in [4.69, 9.17) is 21.3 Å². The van der Waals surface area contributed by atoms with Gasteiger partial charge < -0.3 is 19.5 Å². The summed E-state index contributed by atoms with van der Waals surface area (Å²) in [5.74, 6) is -0.174. The molecule has 2 aromatic carbocycles. The van der Waals surface area contributed by atoms with Gasteiger partial charge in [0.2, 0.25) is 5.91 Å². The first-order valence-electron chi connectivity index (χ1n) is 16.3. The molecule has 9 nitrogen and oxygen atoms in total. The number of carbonyl (C=O) groups is 2. The number of halogens is 1. The number of benzene rings is 2. The summed E-state index contributed by atoms with van der Waals surface area (Å²) >= 11 is 6.48. The Balaban J connectivity index is 1.21. The summed E-state index contributed by atoms with van der Waals surface area (Å²) in [6.45, 7) is 1.80. The maximum Gasteiger partial charge on any atom is 0.410 e. The third-order valence-electron chi connectivity index (χ3n) is 9.50. The topological polar surface area (TPSA) is 92.6 Å². The summed E-state index contributed by atoms with van der Waals surface area (Å²) < 4.78 is 7.96. The Bertz CT molecular complexity index is 1690. The van der Waals surface area contributed by atoms with Gasteiger partial charge in [-0.2, -0.15) is 0 Å². The molecule has 2 aromatic heterocycles. The molecule has 3 aliphatic rings. The van der Waals surface area contributed by atoms with Crippen LogP contribution in [0, 0.1) is 0 Å². The molecule has 1 saturated heterocycles. The lowest BCUT2D eigenvalue weighted by Gasteiger charge is -2.44. The van der Waals surface area contributed by atoms with Gasteiger partial charge in [-0.1, -0.05) is 42.3 Å². The van der Waals surface area contributed by atoms with E-state index >= 15 is 0 Å². The van der Waals surface area contributed by atoms with Crippen molar-refractivity contribution in [3.63, 3.8) is 0 Å². The molecule has 10 heteroatoms. The summed E-state index contributed by atoms with van der Waals surface area (Å²) in [7, 11) is 0. The van der Waals surface area contributed by atoms with Crippen molar-refractivity contribution in [1.29, 1.82) is 0 Å². The number of nitrogens with zero attached hydrogens (tertiary/aromatic N) is 5. The molecule has 1 saturated carbocycles. The van der Waals surface area contributed by atoms with E-state index in [0.29, 0.717) is 30.3 Å². The van der Waals surface area contributed by atoms with Crippen LogP contribution >= 0.6 is 11.6 Å². The fraction of sp³-hybridized carbons (Fsp3) is 0.389. The Morgan fingerprint density at radius 2 is 1.83 bits per heavy atom. The number of pyridine rings is 1. The third-order valence-corrected chi connectivity index (χ3v) is 9.74. The van der Waals surface area contributed by atoms with Crippen LogP contribution in [0.4, 0.5) is 10.5 Å². The van der Waals surface area contributed by atoms with Crippen LogP contribution in [0.2, 0.25) is 5.02 Å². The third kappa shape index (κ3) is 6.66. The number of amides is 2. The minimum atomic E-state index is -0.647. The van der Waals surface area contributed by atoms with Crippen LogP contribution in [0.1, 0.15) is 66.1 Å². The van der Waals surface area contributed by atoms with Crippen molar-refractivity contribution in [3.05, 3.63) is 112 Å². The Morgan fingerprint density at radius 1 is 0.957 bits per heavy atom. The number of ether oxygens (including phenoxy) is 1. The number of hydrogen-bond acceptors (Lipinski definition) is 6. The predicted octanol–water partition coefficient (Wildman–Crippen LogP) is 6.26. The SMILES string of the molecule is O=C(Nc1cccc(Cn2ccnc2)c1)[C@H]1CN(C(=O)OC2CCCCC2)CCN1[C@H]1c2ccc(Cl)cc2CCc2cccnc21. The quantitative estimate of drug-likeness (QED) is 0.268. The van der Waals surface area contributed by atoms with E-state index in [-0.39, 0.29) is 30.7 Å². The first-order chi connectivity index (χ1) is 22.5. The Morgan fingerprint density at radius 3 is 2.67 bits per heavy atom. The second-order valence-electron chi connectivity index (χ2n) is 12.6. The van der Waals surface area contributed by atoms with Crippen molar-refractivity contribution in [2.45, 2.75) is 69.7 Å². The number of piperazine rings is 1. The number of imidazole rings is 1. The number of fused-ring (bicyclic) bond motifs is 2. The van der Waals surface area contributed by atoms with Crippen LogP contribution in [-0.4, -0.2) is 68.1 Å². The molecule has 3 heterocycles. The lowest BCUT2D eigenvalue weighted by molar-refractivity contribution is -0.124. The number of nitrogens with one attached hydrogen (secondary N) is 1. The number of rotatable bonds is 6. The molecule has 2 amide bonds. The Labute approximate surface area is 274 Å². The molecular weight excluding hydrogens is 600 g/mol. The van der Waals surface area contributed by atoms with Crippen molar-refractivity contribution < 1.29 is 14.3 Å². The number of aryl methyl sites for hydroxylation is 2. The van der Waals surface area contributed by atoms with Crippen molar-refractivity contribution >= 4 is 29.3 Å². The highest BCUT2D eigenvalue weighted by molar-refractivity contribution is 6.30. The summed E-state index contributed by atoms with van der Waals surface area (Å²) in [4.78, 5) is 40.8. The number of carbonyl (C=O) groups excluding carboxylic acids is 2. The van der Waals surface area contributed by atoms with Crippen LogP contribution in [0.5, 0.6) is 0 Å². The van der Waals surface area contributed by atoms with Crippen molar-refractivity contribution in [2.24, 2.45) is 0 Å². The highest BCUT2D eigenvalue weighted by Gasteiger charge is 2.42. The average Bonchev–Trinajstić information content (AvgIpc) is 3.53. The summed E-state index contributed by atoms with van der Waals surface area (Å²) in [6.07, 6.45) is 13.7. The Hall–Kier alpha value is -4.21. The lowest BCUT2D eigenvalue weighted by Crippen LogP contribution is -2.60. The van der Waals surface area contributed by atoms with Gasteiger partial charge in [-0.05, 0) is 91.1 Å². The van der Waals surface area contributed by atoms with Gasteiger partial charge in [0, 0.05) is 55.5 Å². The number of anilines is 1. The fourth-order valence-corrected chi connectivity index (χ4v) is 7.38. The van der Waals surface area contributed by atoms with Gasteiger partial charge in [0.05, 0.1) is 18.1 Å². The normalized spacial score (nSPS) is 20.3. The van der Waals surface area contributed by atoms with Crippen LogP contribution in [-0.2, 0) is 28.9 Å². The highest BCUT2D eigenvalue weighted by atomic mass is 35.5. The van der Waals surface area contributed by atoms with Gasteiger partial charge >= 0.3 is 6.09 Å². The van der Waals surface area contributed by atoms with Crippen molar-refractivity contribution in [1.82, 2.24) is 24.3 Å².